The van der Waals surface area contributed by atoms with Gasteiger partial charge in [-0.3, -0.25) is 9.59 Å². The van der Waals surface area contributed by atoms with E-state index in [4.69, 9.17) is 5.11 Å². The third kappa shape index (κ3) is 10.0. The molecular weight excluding hydrogens is 583 g/mol. The zero-order chi connectivity index (χ0) is 31.5. The lowest BCUT2D eigenvalue weighted by Crippen LogP contribution is -2.67. The average Bonchev–Trinajstić information content (AvgIpc) is 2.86. The number of carbonyl (C=O) groups is 2. The Kier molecular flexibility index (Phi) is 13.4. The van der Waals surface area contributed by atoms with Crippen LogP contribution >= 0.6 is 0 Å². The van der Waals surface area contributed by atoms with Crippen molar-refractivity contribution in [3.8, 4) is 0 Å². The Hall–Kier alpha value is -2.61. The maximum absolute atomic E-state index is 14.2. The van der Waals surface area contributed by atoms with Crippen LogP contribution in [-0.4, -0.2) is 53.3 Å². The zero-order valence-electron chi connectivity index (χ0n) is 21.9. The Morgan fingerprint density at radius 1 is 0.610 bits per heavy atom. The number of benzene rings is 1. The lowest BCUT2D eigenvalue weighted by atomic mass is 9.86. The highest BCUT2D eigenvalue weighted by atomic mass is 19.4. The van der Waals surface area contributed by atoms with Crippen molar-refractivity contribution in [1.82, 2.24) is 0 Å². The lowest BCUT2D eigenvalue weighted by Gasteiger charge is -2.39. The van der Waals surface area contributed by atoms with Gasteiger partial charge in [-0.1, -0.05) is 44.9 Å². The molecule has 1 atom stereocenters. The number of alkyl halides is 11. The van der Waals surface area contributed by atoms with Crippen molar-refractivity contribution < 1.29 is 63.0 Å². The van der Waals surface area contributed by atoms with Gasteiger partial charge < -0.3 is 10.4 Å². The minimum atomic E-state index is -7.21. The van der Waals surface area contributed by atoms with Gasteiger partial charge in [0.15, 0.2) is 5.78 Å². The number of carboxylic acids is 1. The molecule has 0 aliphatic heterocycles. The summed E-state index contributed by atoms with van der Waals surface area (Å²) in [6, 6.07) is 6.57. The van der Waals surface area contributed by atoms with Crippen molar-refractivity contribution in [2.24, 2.45) is 0 Å². The number of halogens is 11. The molecule has 4 nitrogen and oxygen atoms in total. The number of Topliss-reactive ketones (excluding diaryl/α,β-unsaturated/α-hetero) is 1. The number of rotatable bonds is 19. The van der Waals surface area contributed by atoms with Crippen LogP contribution in [0.15, 0.2) is 24.3 Å². The number of anilines is 1. The van der Waals surface area contributed by atoms with Gasteiger partial charge in [-0.05, 0) is 43.5 Å². The van der Waals surface area contributed by atoms with E-state index in [0.717, 1.165) is 31.4 Å². The maximum atomic E-state index is 14.2. The van der Waals surface area contributed by atoms with E-state index in [2.05, 4.69) is 5.32 Å². The number of carbonyl (C=O) groups excluding carboxylic acids is 1. The Morgan fingerprint density at radius 3 is 1.51 bits per heavy atom. The first-order chi connectivity index (χ1) is 18.8. The summed E-state index contributed by atoms with van der Waals surface area (Å²) in [5, 5.41) is 11.8. The van der Waals surface area contributed by atoms with Crippen molar-refractivity contribution >= 4 is 17.4 Å². The highest BCUT2D eigenvalue weighted by Crippen LogP contribution is 2.58. The van der Waals surface area contributed by atoms with Gasteiger partial charge in [-0.25, -0.2) is 4.39 Å². The third-order valence-electron chi connectivity index (χ3n) is 6.50. The molecule has 1 rings (SSSR count). The lowest BCUT2D eigenvalue weighted by molar-refractivity contribution is -0.412. The third-order valence-corrected chi connectivity index (χ3v) is 6.50. The fourth-order valence-corrected chi connectivity index (χ4v) is 4.01. The molecule has 1 unspecified atom stereocenters. The Balaban J connectivity index is 2.28. The smallest absolute Gasteiger partial charge is 0.460 e. The molecule has 0 aliphatic carbocycles. The normalized spacial score (nSPS) is 14.5. The van der Waals surface area contributed by atoms with Crippen LogP contribution in [0.2, 0.25) is 0 Å². The van der Waals surface area contributed by atoms with Gasteiger partial charge in [-0.15, -0.1) is 0 Å². The number of unbranched alkanes of at least 4 members (excludes halogenated alkanes) is 8. The fourth-order valence-electron chi connectivity index (χ4n) is 4.01. The highest BCUT2D eigenvalue weighted by Gasteiger charge is 2.85. The summed E-state index contributed by atoms with van der Waals surface area (Å²) in [7, 11) is 0. The summed E-state index contributed by atoms with van der Waals surface area (Å²) in [5.74, 6) is -15.6. The average molecular weight is 616 g/mol. The zero-order valence-corrected chi connectivity index (χ0v) is 21.9. The van der Waals surface area contributed by atoms with Gasteiger partial charge in [0, 0.05) is 24.2 Å². The molecule has 15 heteroatoms. The summed E-state index contributed by atoms with van der Waals surface area (Å²) in [4.78, 5) is 22.4. The van der Waals surface area contributed by atoms with Crippen LogP contribution in [0.25, 0.3) is 0 Å². The molecule has 0 fully saturated rings. The monoisotopic (exact) mass is 615 g/mol. The summed E-state index contributed by atoms with van der Waals surface area (Å²) in [6.45, 7) is 0.620. The predicted octanol–water partition coefficient (Wildman–Crippen LogP) is 9.15. The highest BCUT2D eigenvalue weighted by molar-refractivity contribution is 5.97. The number of hydrogen-bond acceptors (Lipinski definition) is 3. The molecule has 0 bridgehead atoms. The minimum absolute atomic E-state index is 0.0930. The second-order valence-corrected chi connectivity index (χ2v) is 9.70. The Bertz CT molecular complexity index is 963. The van der Waals surface area contributed by atoms with E-state index in [9.17, 15) is 57.9 Å². The molecule has 236 valence electrons. The van der Waals surface area contributed by atoms with Crippen molar-refractivity contribution in [3.05, 3.63) is 29.8 Å². The molecule has 0 radical (unpaired) electrons. The summed E-state index contributed by atoms with van der Waals surface area (Å²) in [6.07, 6.45) is -13.2. The quantitative estimate of drug-likeness (QED) is 0.0926. The minimum Gasteiger partial charge on any atom is -0.481 e. The molecule has 0 saturated carbocycles. The number of ketones is 1. The molecule has 41 heavy (non-hydrogen) atoms. The van der Waals surface area contributed by atoms with E-state index < -0.39 is 48.7 Å². The first-order valence-electron chi connectivity index (χ1n) is 12.9. The van der Waals surface area contributed by atoms with Crippen LogP contribution in [0.3, 0.4) is 0 Å². The van der Waals surface area contributed by atoms with Crippen molar-refractivity contribution in [2.75, 3.05) is 11.9 Å². The molecule has 0 heterocycles. The largest absolute Gasteiger partial charge is 0.481 e. The van der Waals surface area contributed by atoms with Gasteiger partial charge >= 0.3 is 30.2 Å². The second kappa shape index (κ2) is 15.0. The number of hydrogen-bond donors (Lipinski definition) is 2. The van der Waals surface area contributed by atoms with Gasteiger partial charge in [-0.2, -0.15) is 43.9 Å². The van der Waals surface area contributed by atoms with E-state index in [1.54, 1.807) is 24.3 Å². The Morgan fingerprint density at radius 2 is 1.07 bits per heavy atom. The first kappa shape index (κ1) is 36.4. The molecule has 0 amide bonds. The van der Waals surface area contributed by atoms with Crippen LogP contribution in [-0.2, 0) is 4.79 Å². The van der Waals surface area contributed by atoms with Crippen LogP contribution in [0.4, 0.5) is 54.0 Å². The standard InChI is InChI=1S/C26H32F11NO3/c27-22(25(32,33)34,23(28,29)24(30,31)26(35,36)37)16-8-6-4-2-1-3-5-7-9-17-38-19-12-10-18(11-13-19)20(39)14-15-21(40)41/h10-13,38H,1-9,14-17H2,(H,40,41). The van der Waals surface area contributed by atoms with Crippen LogP contribution in [0.1, 0.15) is 87.4 Å². The molecule has 1 aromatic rings. The van der Waals surface area contributed by atoms with Crippen LogP contribution in [0, 0.1) is 0 Å². The predicted molar refractivity (Wildman–Crippen MR) is 128 cm³/mol. The van der Waals surface area contributed by atoms with E-state index in [1.165, 1.54) is 0 Å². The Labute approximate surface area is 229 Å². The summed E-state index contributed by atoms with van der Waals surface area (Å²) in [5.41, 5.74) is -4.88. The van der Waals surface area contributed by atoms with Crippen LogP contribution in [0.5, 0.6) is 0 Å². The molecule has 1 aromatic carbocycles. The van der Waals surface area contributed by atoms with E-state index in [1.807, 2.05) is 0 Å². The number of carboxylic acid groups (broad SMARTS) is 1. The number of aliphatic carboxylic acids is 1. The molecular formula is C26H32F11NO3. The topological polar surface area (TPSA) is 66.4 Å². The first-order valence-corrected chi connectivity index (χ1v) is 12.9. The van der Waals surface area contributed by atoms with Gasteiger partial charge in [0.05, 0.1) is 6.42 Å². The second-order valence-electron chi connectivity index (χ2n) is 9.70. The maximum Gasteiger partial charge on any atom is 0.460 e. The van der Waals surface area contributed by atoms with Gasteiger partial charge in [0.2, 0.25) is 0 Å². The van der Waals surface area contributed by atoms with Crippen LogP contribution < -0.4 is 5.32 Å². The van der Waals surface area contributed by atoms with E-state index in [0.29, 0.717) is 24.9 Å². The summed E-state index contributed by atoms with van der Waals surface area (Å²) < 4.78 is 143. The SMILES string of the molecule is O=C(O)CCC(=O)c1ccc(NCCCCCCCCCCCC(F)(C(F)(F)F)C(F)(F)C(F)(F)C(F)(F)F)cc1. The number of nitrogens with one attached hydrogen (secondary N) is 1. The molecule has 0 aromatic heterocycles. The van der Waals surface area contributed by atoms with Gasteiger partial charge in [0.1, 0.15) is 0 Å². The van der Waals surface area contributed by atoms with Crippen molar-refractivity contribution in [2.45, 2.75) is 107 Å². The van der Waals surface area contributed by atoms with E-state index >= 15 is 0 Å². The summed E-state index contributed by atoms with van der Waals surface area (Å²) >= 11 is 0. The van der Waals surface area contributed by atoms with Crippen molar-refractivity contribution in [3.63, 3.8) is 0 Å². The molecule has 0 aliphatic rings. The van der Waals surface area contributed by atoms with Crippen molar-refractivity contribution in [1.29, 1.82) is 0 Å². The fraction of sp³-hybridized carbons (Fsp3) is 0.692. The van der Waals surface area contributed by atoms with Gasteiger partial charge in [0.25, 0.3) is 5.67 Å². The molecule has 0 saturated heterocycles. The van der Waals surface area contributed by atoms with E-state index in [-0.39, 0.29) is 31.5 Å². The molecule has 0 spiro atoms. The molecule has 2 N–H and O–H groups in total.